The van der Waals surface area contributed by atoms with Crippen LogP contribution in [0, 0.1) is 0 Å². The molecular formula is C7H4ClO3P. The molecule has 12 heavy (non-hydrogen) atoms. The minimum Gasteiger partial charge on any atom is -0.440 e. The second-order valence-corrected chi connectivity index (χ2v) is 3.17. The third-order valence-corrected chi connectivity index (χ3v) is 2.35. The van der Waals surface area contributed by atoms with Gasteiger partial charge in [-0.25, -0.2) is 4.79 Å². The Morgan fingerprint density at radius 2 is 2.17 bits per heavy atom. The van der Waals surface area contributed by atoms with E-state index in [1.807, 2.05) is 0 Å². The van der Waals surface area contributed by atoms with E-state index < -0.39 is 5.97 Å². The van der Waals surface area contributed by atoms with Crippen molar-refractivity contribution < 1.29 is 13.8 Å². The fourth-order valence-corrected chi connectivity index (χ4v) is 1.66. The lowest BCUT2D eigenvalue weighted by molar-refractivity contribution is 0.0732. The third-order valence-electron chi connectivity index (χ3n) is 1.47. The molecule has 0 aliphatic carbocycles. The van der Waals surface area contributed by atoms with Crippen molar-refractivity contribution in [3.8, 4) is 5.75 Å². The second-order valence-electron chi connectivity index (χ2n) is 2.19. The molecule has 0 saturated heterocycles. The number of benzene rings is 1. The standard InChI is InChI=1S/C7H4ClO3P/c8-4-2-1-3-5-6(4)7(9)11-12-10-5/h1-3,12H. The molecule has 0 aromatic heterocycles. The zero-order valence-electron chi connectivity index (χ0n) is 5.83. The molecule has 5 heteroatoms. The fraction of sp³-hybridized carbons (Fsp3) is 0. The quantitative estimate of drug-likeness (QED) is 0.606. The lowest BCUT2D eigenvalue weighted by Gasteiger charge is -2.15. The predicted molar refractivity (Wildman–Crippen MR) is 45.8 cm³/mol. The van der Waals surface area contributed by atoms with E-state index in [1.165, 1.54) is 0 Å². The van der Waals surface area contributed by atoms with Crippen molar-refractivity contribution >= 4 is 26.6 Å². The first kappa shape index (κ1) is 7.84. The first-order chi connectivity index (χ1) is 5.79. The molecule has 0 N–H and O–H groups in total. The Bertz CT molecular complexity index is 339. The minimum atomic E-state index is -0.416. The summed E-state index contributed by atoms with van der Waals surface area (Å²) in [6.45, 7) is 0. The van der Waals surface area contributed by atoms with Crippen molar-refractivity contribution in [3.05, 3.63) is 28.8 Å². The lowest BCUT2D eigenvalue weighted by Crippen LogP contribution is -2.07. The second kappa shape index (κ2) is 2.92. The smallest absolute Gasteiger partial charge is 0.348 e. The molecule has 1 unspecified atom stereocenters. The number of carbonyl (C=O) groups is 1. The van der Waals surface area contributed by atoms with Crippen molar-refractivity contribution in [2.45, 2.75) is 0 Å². The fourth-order valence-electron chi connectivity index (χ4n) is 0.942. The molecule has 0 saturated carbocycles. The van der Waals surface area contributed by atoms with Gasteiger partial charge in [0.05, 0.1) is 5.02 Å². The summed E-state index contributed by atoms with van der Waals surface area (Å²) in [7, 11) is -0.263. The zero-order valence-corrected chi connectivity index (χ0v) is 7.59. The van der Waals surface area contributed by atoms with Crippen molar-refractivity contribution in [1.82, 2.24) is 0 Å². The number of halogens is 1. The van der Waals surface area contributed by atoms with Crippen LogP contribution in [0.5, 0.6) is 5.75 Å². The summed E-state index contributed by atoms with van der Waals surface area (Å²) >= 11 is 5.76. The maximum atomic E-state index is 11.1. The molecular weight excluding hydrogens is 199 g/mol. The molecule has 1 heterocycles. The van der Waals surface area contributed by atoms with E-state index >= 15 is 0 Å². The summed E-state index contributed by atoms with van der Waals surface area (Å²) in [6, 6.07) is 5.04. The molecule has 0 radical (unpaired) electrons. The van der Waals surface area contributed by atoms with Crippen molar-refractivity contribution in [1.29, 1.82) is 0 Å². The van der Waals surface area contributed by atoms with E-state index in [4.69, 9.17) is 16.1 Å². The average molecular weight is 203 g/mol. The van der Waals surface area contributed by atoms with Gasteiger partial charge in [-0.05, 0) is 12.1 Å². The van der Waals surface area contributed by atoms with E-state index in [9.17, 15) is 4.79 Å². The van der Waals surface area contributed by atoms with Gasteiger partial charge in [0.2, 0.25) is 0 Å². The van der Waals surface area contributed by atoms with Crippen LogP contribution in [0.1, 0.15) is 10.4 Å². The molecule has 1 aromatic carbocycles. The lowest BCUT2D eigenvalue weighted by atomic mass is 10.2. The van der Waals surface area contributed by atoms with E-state index in [0.29, 0.717) is 16.3 Å². The first-order valence-corrected chi connectivity index (χ1v) is 4.40. The molecule has 1 aromatic rings. The molecule has 1 aliphatic rings. The van der Waals surface area contributed by atoms with Crippen LogP contribution in [-0.4, -0.2) is 5.97 Å². The largest absolute Gasteiger partial charge is 0.440 e. The molecule has 3 nitrogen and oxygen atoms in total. The molecule has 0 bridgehead atoms. The monoisotopic (exact) mass is 202 g/mol. The SMILES string of the molecule is O=C1OPOc2cccc(Cl)c21. The van der Waals surface area contributed by atoms with Crippen LogP contribution < -0.4 is 4.52 Å². The summed E-state index contributed by atoms with van der Waals surface area (Å²) in [5, 5.41) is 0.363. The summed E-state index contributed by atoms with van der Waals surface area (Å²) in [6.07, 6.45) is 0. The van der Waals surface area contributed by atoms with Crippen LogP contribution in [0.3, 0.4) is 0 Å². The van der Waals surface area contributed by atoms with Crippen LogP contribution in [0.15, 0.2) is 18.2 Å². The van der Waals surface area contributed by atoms with Crippen molar-refractivity contribution in [2.24, 2.45) is 0 Å². The number of hydrogen-bond acceptors (Lipinski definition) is 3. The van der Waals surface area contributed by atoms with Gasteiger partial charge in [0, 0.05) is 0 Å². The average Bonchev–Trinajstić information content (AvgIpc) is 2.04. The highest BCUT2D eigenvalue weighted by atomic mass is 35.5. The van der Waals surface area contributed by atoms with Gasteiger partial charge < -0.3 is 9.05 Å². The topological polar surface area (TPSA) is 35.5 Å². The van der Waals surface area contributed by atoms with Gasteiger partial charge in [0.1, 0.15) is 11.3 Å². The van der Waals surface area contributed by atoms with Gasteiger partial charge in [0.25, 0.3) is 9.03 Å². The number of hydrogen-bond donors (Lipinski definition) is 0. The van der Waals surface area contributed by atoms with E-state index in [0.717, 1.165) is 0 Å². The van der Waals surface area contributed by atoms with Gasteiger partial charge in [-0.1, -0.05) is 17.7 Å². The Hall–Kier alpha value is -0.790. The first-order valence-electron chi connectivity index (χ1n) is 3.20. The van der Waals surface area contributed by atoms with Crippen molar-refractivity contribution in [3.63, 3.8) is 0 Å². The highest BCUT2D eigenvalue weighted by molar-refractivity contribution is 7.27. The maximum absolute atomic E-state index is 11.1. The molecule has 1 atom stereocenters. The maximum Gasteiger partial charge on any atom is 0.348 e. The summed E-state index contributed by atoms with van der Waals surface area (Å²) in [4.78, 5) is 11.1. The van der Waals surface area contributed by atoms with Crippen LogP contribution in [0.25, 0.3) is 0 Å². The summed E-state index contributed by atoms with van der Waals surface area (Å²) in [5.74, 6) is 0.0808. The van der Waals surface area contributed by atoms with Crippen LogP contribution in [-0.2, 0) is 4.52 Å². The highest BCUT2D eigenvalue weighted by Gasteiger charge is 2.22. The van der Waals surface area contributed by atoms with Gasteiger partial charge in [0.15, 0.2) is 0 Å². The third kappa shape index (κ3) is 1.15. The van der Waals surface area contributed by atoms with Crippen LogP contribution in [0.4, 0.5) is 0 Å². The molecule has 0 fully saturated rings. The predicted octanol–water partition coefficient (Wildman–Crippen LogP) is 2.40. The normalized spacial score (nSPS) is 16.6. The summed E-state index contributed by atoms with van der Waals surface area (Å²) < 4.78 is 9.74. The van der Waals surface area contributed by atoms with E-state index in [2.05, 4.69) is 4.52 Å². The Kier molecular flexibility index (Phi) is 1.91. The number of fused-ring (bicyclic) bond motifs is 1. The highest BCUT2D eigenvalue weighted by Crippen LogP contribution is 2.36. The molecule has 62 valence electrons. The van der Waals surface area contributed by atoms with Gasteiger partial charge in [-0.3, -0.25) is 0 Å². The number of rotatable bonds is 0. The number of carbonyl (C=O) groups excluding carboxylic acids is 1. The van der Waals surface area contributed by atoms with E-state index in [-0.39, 0.29) is 9.03 Å². The Labute approximate surface area is 75.6 Å². The van der Waals surface area contributed by atoms with Gasteiger partial charge >= 0.3 is 5.97 Å². The van der Waals surface area contributed by atoms with Crippen LogP contribution >= 0.6 is 20.6 Å². The molecule has 0 amide bonds. The van der Waals surface area contributed by atoms with Gasteiger partial charge in [-0.15, -0.1) is 0 Å². The van der Waals surface area contributed by atoms with Crippen LogP contribution in [0.2, 0.25) is 5.02 Å². The Morgan fingerprint density at radius 3 is 2.92 bits per heavy atom. The molecule has 2 rings (SSSR count). The van der Waals surface area contributed by atoms with Crippen molar-refractivity contribution in [2.75, 3.05) is 0 Å². The van der Waals surface area contributed by atoms with E-state index in [1.54, 1.807) is 18.2 Å². The minimum absolute atomic E-state index is 0.263. The zero-order chi connectivity index (χ0) is 8.55. The Balaban J connectivity index is 2.60. The Morgan fingerprint density at radius 1 is 1.33 bits per heavy atom. The molecule has 0 spiro atoms. The van der Waals surface area contributed by atoms with Gasteiger partial charge in [-0.2, -0.15) is 0 Å². The molecule has 1 aliphatic heterocycles. The summed E-state index contributed by atoms with van der Waals surface area (Å²) in [5.41, 5.74) is 0.318.